The van der Waals surface area contributed by atoms with Crippen molar-refractivity contribution in [1.82, 2.24) is 15.3 Å². The third-order valence-corrected chi connectivity index (χ3v) is 3.27. The molecular weight excluding hydrogens is 254 g/mol. The molecule has 1 aromatic carbocycles. The Kier molecular flexibility index (Phi) is 3.20. The Morgan fingerprint density at radius 3 is 2.60 bits per heavy atom. The first kappa shape index (κ1) is 12.4. The lowest BCUT2D eigenvalue weighted by Crippen LogP contribution is -2.22. The van der Waals surface area contributed by atoms with Gasteiger partial charge in [0.2, 0.25) is 0 Å². The SMILES string of the molecule is CCN(Cc1ccncc1)c1ccc(N)c2nonc12. The molecule has 20 heavy (non-hydrogen) atoms. The number of nitrogens with zero attached hydrogens (tertiary/aromatic N) is 4. The van der Waals surface area contributed by atoms with Crippen LogP contribution >= 0.6 is 0 Å². The van der Waals surface area contributed by atoms with E-state index in [9.17, 15) is 0 Å². The van der Waals surface area contributed by atoms with E-state index in [0.29, 0.717) is 16.7 Å². The number of pyridine rings is 1. The Bertz CT molecular complexity index is 710. The zero-order valence-electron chi connectivity index (χ0n) is 11.2. The van der Waals surface area contributed by atoms with E-state index in [1.54, 1.807) is 12.4 Å². The van der Waals surface area contributed by atoms with Crippen molar-refractivity contribution >= 4 is 22.4 Å². The van der Waals surface area contributed by atoms with Gasteiger partial charge in [0, 0.05) is 25.5 Å². The van der Waals surface area contributed by atoms with Crippen LogP contribution in [0.25, 0.3) is 11.0 Å². The molecule has 0 radical (unpaired) electrons. The van der Waals surface area contributed by atoms with Gasteiger partial charge in [0.15, 0.2) is 11.0 Å². The monoisotopic (exact) mass is 269 g/mol. The largest absolute Gasteiger partial charge is 0.397 e. The third-order valence-electron chi connectivity index (χ3n) is 3.27. The topological polar surface area (TPSA) is 81.1 Å². The molecule has 0 fully saturated rings. The maximum Gasteiger partial charge on any atom is 0.160 e. The van der Waals surface area contributed by atoms with Crippen LogP contribution in [-0.4, -0.2) is 21.8 Å². The molecule has 0 aliphatic rings. The molecule has 0 amide bonds. The first-order chi connectivity index (χ1) is 9.79. The summed E-state index contributed by atoms with van der Waals surface area (Å²) < 4.78 is 4.81. The van der Waals surface area contributed by atoms with Gasteiger partial charge >= 0.3 is 0 Å². The standard InChI is InChI=1S/C14H15N5O/c1-2-19(9-10-5-7-16-8-6-10)12-4-3-11(15)13-14(12)18-20-17-13/h3-8H,2,9,15H2,1H3. The molecule has 0 spiro atoms. The summed E-state index contributed by atoms with van der Waals surface area (Å²) in [6.07, 6.45) is 3.58. The quantitative estimate of drug-likeness (QED) is 0.731. The van der Waals surface area contributed by atoms with E-state index in [0.717, 1.165) is 18.8 Å². The van der Waals surface area contributed by atoms with Gasteiger partial charge in [0.25, 0.3) is 0 Å². The molecular formula is C14H15N5O. The zero-order chi connectivity index (χ0) is 13.9. The second kappa shape index (κ2) is 5.16. The molecule has 0 unspecified atom stereocenters. The maximum atomic E-state index is 5.87. The Labute approximate surface area is 116 Å². The Balaban J connectivity index is 1.99. The molecule has 6 nitrogen and oxygen atoms in total. The van der Waals surface area contributed by atoms with Gasteiger partial charge < -0.3 is 10.6 Å². The zero-order valence-corrected chi connectivity index (χ0v) is 11.2. The van der Waals surface area contributed by atoms with Crippen molar-refractivity contribution < 1.29 is 4.63 Å². The van der Waals surface area contributed by atoms with Crippen LogP contribution in [0.4, 0.5) is 11.4 Å². The normalized spacial score (nSPS) is 10.8. The number of aromatic nitrogens is 3. The van der Waals surface area contributed by atoms with Gasteiger partial charge in [-0.25, -0.2) is 4.63 Å². The minimum atomic E-state index is 0.574. The van der Waals surface area contributed by atoms with Crippen molar-refractivity contribution in [3.63, 3.8) is 0 Å². The summed E-state index contributed by atoms with van der Waals surface area (Å²) in [6.45, 7) is 3.70. The molecule has 2 heterocycles. The van der Waals surface area contributed by atoms with Crippen LogP contribution in [0, 0.1) is 0 Å². The molecule has 3 rings (SSSR count). The van der Waals surface area contributed by atoms with Crippen molar-refractivity contribution in [2.24, 2.45) is 0 Å². The van der Waals surface area contributed by atoms with Crippen LogP contribution < -0.4 is 10.6 Å². The highest BCUT2D eigenvalue weighted by molar-refractivity contribution is 5.95. The maximum absolute atomic E-state index is 5.87. The highest BCUT2D eigenvalue weighted by Crippen LogP contribution is 2.29. The van der Waals surface area contributed by atoms with Gasteiger partial charge in [-0.05, 0) is 47.1 Å². The highest BCUT2D eigenvalue weighted by Gasteiger charge is 2.15. The van der Waals surface area contributed by atoms with Crippen molar-refractivity contribution in [1.29, 1.82) is 0 Å². The van der Waals surface area contributed by atoms with Crippen LogP contribution in [0.5, 0.6) is 0 Å². The highest BCUT2D eigenvalue weighted by atomic mass is 16.6. The van der Waals surface area contributed by atoms with E-state index >= 15 is 0 Å². The molecule has 0 saturated heterocycles. The first-order valence-corrected chi connectivity index (χ1v) is 6.44. The summed E-state index contributed by atoms with van der Waals surface area (Å²) in [5, 5.41) is 7.82. The van der Waals surface area contributed by atoms with Gasteiger partial charge in [0.05, 0.1) is 11.4 Å². The summed E-state index contributed by atoms with van der Waals surface area (Å²) in [5.41, 5.74) is 9.90. The molecule has 0 bridgehead atoms. The summed E-state index contributed by atoms with van der Waals surface area (Å²) in [7, 11) is 0. The summed E-state index contributed by atoms with van der Waals surface area (Å²) in [5.74, 6) is 0. The van der Waals surface area contributed by atoms with E-state index in [2.05, 4.69) is 27.1 Å². The summed E-state index contributed by atoms with van der Waals surface area (Å²) in [6, 6.07) is 7.78. The van der Waals surface area contributed by atoms with Crippen molar-refractivity contribution in [3.05, 3.63) is 42.2 Å². The number of benzene rings is 1. The predicted molar refractivity (Wildman–Crippen MR) is 77.2 cm³/mol. The number of rotatable bonds is 4. The van der Waals surface area contributed by atoms with E-state index in [1.165, 1.54) is 5.56 Å². The van der Waals surface area contributed by atoms with E-state index in [4.69, 9.17) is 10.4 Å². The molecule has 0 aliphatic carbocycles. The minimum Gasteiger partial charge on any atom is -0.397 e. The second-order valence-corrected chi connectivity index (χ2v) is 4.50. The number of nitrogens with two attached hydrogens (primary N) is 1. The van der Waals surface area contributed by atoms with Crippen molar-refractivity contribution in [2.75, 3.05) is 17.2 Å². The lowest BCUT2D eigenvalue weighted by Gasteiger charge is -2.23. The third kappa shape index (κ3) is 2.16. The van der Waals surface area contributed by atoms with Crippen LogP contribution in [0.2, 0.25) is 0 Å². The Morgan fingerprint density at radius 2 is 1.85 bits per heavy atom. The smallest absolute Gasteiger partial charge is 0.160 e. The second-order valence-electron chi connectivity index (χ2n) is 4.50. The summed E-state index contributed by atoms with van der Waals surface area (Å²) in [4.78, 5) is 6.23. The van der Waals surface area contributed by atoms with Crippen LogP contribution in [0.15, 0.2) is 41.3 Å². The Morgan fingerprint density at radius 1 is 1.10 bits per heavy atom. The van der Waals surface area contributed by atoms with Gasteiger partial charge in [-0.3, -0.25) is 4.98 Å². The number of nitrogen functional groups attached to an aromatic ring is 1. The fourth-order valence-electron chi connectivity index (χ4n) is 2.20. The molecule has 3 aromatic rings. The van der Waals surface area contributed by atoms with Crippen molar-refractivity contribution in [3.8, 4) is 0 Å². The number of hydrogen-bond donors (Lipinski definition) is 1. The van der Waals surface area contributed by atoms with Crippen LogP contribution in [0.3, 0.4) is 0 Å². The van der Waals surface area contributed by atoms with Gasteiger partial charge in [-0.15, -0.1) is 0 Å². The molecule has 0 atom stereocenters. The number of fused-ring (bicyclic) bond motifs is 1. The van der Waals surface area contributed by atoms with E-state index in [1.807, 2.05) is 24.3 Å². The predicted octanol–water partition coefficient (Wildman–Crippen LogP) is 2.23. The average molecular weight is 269 g/mol. The molecule has 0 saturated carbocycles. The number of hydrogen-bond acceptors (Lipinski definition) is 6. The molecule has 2 N–H and O–H groups in total. The lowest BCUT2D eigenvalue weighted by molar-refractivity contribution is 0.315. The van der Waals surface area contributed by atoms with Crippen LogP contribution in [-0.2, 0) is 6.54 Å². The average Bonchev–Trinajstić information content (AvgIpc) is 2.97. The minimum absolute atomic E-state index is 0.574. The molecule has 6 heteroatoms. The Hall–Kier alpha value is -2.63. The van der Waals surface area contributed by atoms with Crippen molar-refractivity contribution in [2.45, 2.75) is 13.5 Å². The fraction of sp³-hybridized carbons (Fsp3) is 0.214. The lowest BCUT2D eigenvalue weighted by atomic mass is 10.2. The number of anilines is 2. The van der Waals surface area contributed by atoms with Gasteiger partial charge in [-0.1, -0.05) is 0 Å². The van der Waals surface area contributed by atoms with E-state index < -0.39 is 0 Å². The molecule has 2 aromatic heterocycles. The molecule has 102 valence electrons. The van der Waals surface area contributed by atoms with Gasteiger partial charge in [-0.2, -0.15) is 0 Å². The fourth-order valence-corrected chi connectivity index (χ4v) is 2.20. The summed E-state index contributed by atoms with van der Waals surface area (Å²) >= 11 is 0. The van der Waals surface area contributed by atoms with Crippen LogP contribution in [0.1, 0.15) is 12.5 Å². The van der Waals surface area contributed by atoms with E-state index in [-0.39, 0.29) is 0 Å². The molecule has 0 aliphatic heterocycles. The van der Waals surface area contributed by atoms with Gasteiger partial charge in [0.1, 0.15) is 0 Å². The first-order valence-electron chi connectivity index (χ1n) is 6.44.